The lowest BCUT2D eigenvalue weighted by Gasteiger charge is -1.65. The quantitative estimate of drug-likeness (QED) is 0.706. The maximum Gasteiger partial charge on any atom is 0.240 e. The molecule has 74 valence electrons. The molecule has 0 saturated carbocycles. The van der Waals surface area contributed by atoms with Crippen molar-refractivity contribution in [1.29, 1.82) is 0 Å². The highest BCUT2D eigenvalue weighted by atomic mass is 32.1. The Morgan fingerprint density at radius 2 is 1.43 bits per heavy atom. The first-order valence-corrected chi connectivity index (χ1v) is 4.94. The van der Waals surface area contributed by atoms with Crippen molar-refractivity contribution in [2.45, 2.75) is 0 Å². The van der Waals surface area contributed by atoms with Crippen LogP contribution in [0.4, 0.5) is 0 Å². The molecule has 0 aliphatic carbocycles. The summed E-state index contributed by atoms with van der Waals surface area (Å²) in [4.78, 5) is 9.47. The summed E-state index contributed by atoms with van der Waals surface area (Å²) in [6.07, 6.45) is 1.06. The summed E-state index contributed by atoms with van der Waals surface area (Å²) in [5.41, 5.74) is 4.53. The van der Waals surface area contributed by atoms with Crippen LogP contribution in [0.5, 0.6) is 0 Å². The highest BCUT2D eigenvalue weighted by Gasteiger charge is 1.69. The molecule has 0 bridgehead atoms. The Labute approximate surface area is 88.0 Å². The van der Waals surface area contributed by atoms with Crippen LogP contribution in [0.15, 0.2) is 59.8 Å². The molecule has 0 spiro atoms. The van der Waals surface area contributed by atoms with Gasteiger partial charge in [-0.2, -0.15) is 11.3 Å². The van der Waals surface area contributed by atoms with Crippen LogP contribution in [-0.4, -0.2) is 5.91 Å². The van der Waals surface area contributed by atoms with Gasteiger partial charge < -0.3 is 5.73 Å². The number of carbonyl (C=O) groups is 1. The van der Waals surface area contributed by atoms with Gasteiger partial charge >= 0.3 is 0 Å². The van der Waals surface area contributed by atoms with Crippen LogP contribution in [0.1, 0.15) is 0 Å². The first-order chi connectivity index (χ1) is 6.77. The maximum absolute atomic E-state index is 9.47. The lowest BCUT2D eigenvalue weighted by molar-refractivity contribution is -0.113. The molecule has 0 aliphatic rings. The minimum absolute atomic E-state index is 0.481. The number of primary amides is 1. The number of hydrogen-bond acceptors (Lipinski definition) is 2. The lowest BCUT2D eigenvalue weighted by Crippen LogP contribution is -2.04. The average molecular weight is 207 g/mol. The fourth-order valence-electron chi connectivity index (χ4n) is 0.483. The molecular weight excluding hydrogens is 194 g/mol. The molecule has 0 aromatic carbocycles. The Morgan fingerprint density at radius 1 is 1.07 bits per heavy atom. The normalized spacial score (nSPS) is 7.43. The largest absolute Gasteiger partial charge is 0.366 e. The molecule has 0 unspecified atom stereocenters. The Bertz CT molecular complexity index is 244. The minimum Gasteiger partial charge on any atom is -0.366 e. The van der Waals surface area contributed by atoms with Crippen molar-refractivity contribution in [3.05, 3.63) is 59.8 Å². The number of rotatable bonds is 1. The Morgan fingerprint density at radius 3 is 1.79 bits per heavy atom. The monoisotopic (exact) mass is 207 g/mol. The van der Waals surface area contributed by atoms with Crippen LogP contribution < -0.4 is 5.73 Å². The van der Waals surface area contributed by atoms with Crippen molar-refractivity contribution < 1.29 is 4.79 Å². The van der Waals surface area contributed by atoms with Crippen molar-refractivity contribution in [3.63, 3.8) is 0 Å². The average Bonchev–Trinajstić information content (AvgIpc) is 2.33. The molecule has 1 aromatic heterocycles. The van der Waals surface area contributed by atoms with Crippen molar-refractivity contribution in [1.82, 2.24) is 0 Å². The summed E-state index contributed by atoms with van der Waals surface area (Å²) in [7, 11) is 0. The molecule has 1 aromatic rings. The van der Waals surface area contributed by atoms with Gasteiger partial charge in [-0.1, -0.05) is 43.0 Å². The Kier molecular flexibility index (Phi) is 8.39. The summed E-state index contributed by atoms with van der Waals surface area (Å²) in [5.74, 6) is -0.481. The first kappa shape index (κ1) is 12.4. The molecule has 2 nitrogen and oxygen atoms in total. The predicted molar refractivity (Wildman–Crippen MR) is 61.3 cm³/mol. The van der Waals surface area contributed by atoms with E-state index in [1.807, 2.05) is 47.2 Å². The standard InChI is InChI=1S/C8H8S.C3H5NO/c1-2-4-6-8-9-7-5-3-1;1-2-3(4)5/h1-8H;2H,1H2,(H2,4,5). The second-order valence-electron chi connectivity index (χ2n) is 2.17. The third-order valence-electron chi connectivity index (χ3n) is 1.07. The van der Waals surface area contributed by atoms with Gasteiger partial charge in [-0.15, -0.1) is 0 Å². The summed E-state index contributed by atoms with van der Waals surface area (Å²) in [5, 5.41) is 4.08. The molecule has 1 rings (SSSR count). The highest BCUT2D eigenvalue weighted by molar-refractivity contribution is 7.07. The molecule has 0 saturated heterocycles. The Balaban J connectivity index is 0.000000292. The van der Waals surface area contributed by atoms with Crippen LogP contribution in [0.2, 0.25) is 0 Å². The third-order valence-corrected chi connectivity index (χ3v) is 1.70. The highest BCUT2D eigenvalue weighted by Crippen LogP contribution is 1.88. The second kappa shape index (κ2) is 9.48. The van der Waals surface area contributed by atoms with E-state index in [4.69, 9.17) is 0 Å². The molecule has 14 heavy (non-hydrogen) atoms. The smallest absolute Gasteiger partial charge is 0.240 e. The van der Waals surface area contributed by atoms with Gasteiger partial charge in [0, 0.05) is 0 Å². The van der Waals surface area contributed by atoms with Gasteiger partial charge in [-0.05, 0) is 16.8 Å². The molecule has 1 heterocycles. The van der Waals surface area contributed by atoms with Crippen molar-refractivity contribution in [2.24, 2.45) is 5.73 Å². The van der Waals surface area contributed by atoms with E-state index in [1.54, 1.807) is 11.3 Å². The van der Waals surface area contributed by atoms with Crippen LogP contribution >= 0.6 is 11.3 Å². The summed E-state index contributed by atoms with van der Waals surface area (Å²) < 4.78 is 0. The van der Waals surface area contributed by atoms with Crippen molar-refractivity contribution in [2.75, 3.05) is 0 Å². The maximum atomic E-state index is 9.47. The zero-order chi connectivity index (χ0) is 10.6. The van der Waals surface area contributed by atoms with Gasteiger partial charge in [-0.3, -0.25) is 4.79 Å². The van der Waals surface area contributed by atoms with E-state index >= 15 is 0 Å². The van der Waals surface area contributed by atoms with Gasteiger partial charge in [0.25, 0.3) is 0 Å². The van der Waals surface area contributed by atoms with E-state index in [0.29, 0.717) is 0 Å². The topological polar surface area (TPSA) is 43.1 Å². The second-order valence-corrected chi connectivity index (χ2v) is 2.99. The Hall–Kier alpha value is -1.61. The van der Waals surface area contributed by atoms with E-state index < -0.39 is 5.91 Å². The molecule has 0 radical (unpaired) electrons. The van der Waals surface area contributed by atoms with Crippen molar-refractivity contribution in [3.8, 4) is 0 Å². The number of nitrogens with two attached hydrogens (primary N) is 1. The van der Waals surface area contributed by atoms with Crippen LogP contribution in [0.25, 0.3) is 0 Å². The SMILES string of the molecule is C=CC(N)=O.c1ccccsccc1. The zero-order valence-corrected chi connectivity index (χ0v) is 8.61. The van der Waals surface area contributed by atoms with Gasteiger partial charge in [0.1, 0.15) is 0 Å². The number of carbonyl (C=O) groups excluding carboxylic acids is 1. The summed E-state index contributed by atoms with van der Waals surface area (Å²) in [6.45, 7) is 3.09. The van der Waals surface area contributed by atoms with E-state index in [0.717, 1.165) is 6.08 Å². The van der Waals surface area contributed by atoms with Crippen LogP contribution in [-0.2, 0) is 4.79 Å². The van der Waals surface area contributed by atoms with Gasteiger partial charge in [-0.25, -0.2) is 0 Å². The fourth-order valence-corrected chi connectivity index (χ4v) is 0.937. The van der Waals surface area contributed by atoms with E-state index in [-0.39, 0.29) is 0 Å². The molecule has 1 amide bonds. The van der Waals surface area contributed by atoms with Crippen molar-refractivity contribution >= 4 is 17.2 Å². The van der Waals surface area contributed by atoms with Crippen LogP contribution in [0, 0.1) is 0 Å². The zero-order valence-electron chi connectivity index (χ0n) is 7.80. The third kappa shape index (κ3) is 10.4. The van der Waals surface area contributed by atoms with E-state index in [1.165, 1.54) is 0 Å². The van der Waals surface area contributed by atoms with Gasteiger partial charge in [0.15, 0.2) is 0 Å². The molecule has 0 fully saturated rings. The summed E-state index contributed by atoms with van der Waals surface area (Å²) in [6, 6.07) is 12.1. The fraction of sp³-hybridized carbons (Fsp3) is 0. The van der Waals surface area contributed by atoms with E-state index in [9.17, 15) is 4.79 Å². The van der Waals surface area contributed by atoms with Gasteiger partial charge in [0.2, 0.25) is 5.91 Å². The summed E-state index contributed by atoms with van der Waals surface area (Å²) >= 11 is 1.68. The first-order valence-electron chi connectivity index (χ1n) is 3.99. The van der Waals surface area contributed by atoms with Crippen LogP contribution in [0.3, 0.4) is 0 Å². The molecule has 2 N–H and O–H groups in total. The molecule has 3 heteroatoms. The predicted octanol–water partition coefficient (Wildman–Crippen LogP) is 2.53. The number of amides is 1. The van der Waals surface area contributed by atoms with Gasteiger partial charge in [0.05, 0.1) is 0 Å². The molecule has 0 atom stereocenters. The van der Waals surface area contributed by atoms with E-state index in [2.05, 4.69) is 12.3 Å². The molecule has 0 aliphatic heterocycles. The minimum atomic E-state index is -0.481. The molecular formula is C11H13NOS. The number of hydrogen-bond donors (Lipinski definition) is 1. The lowest BCUT2D eigenvalue weighted by atomic mass is 10.5.